The van der Waals surface area contributed by atoms with Crippen molar-refractivity contribution in [3.63, 3.8) is 0 Å². The molecule has 0 aromatic heterocycles. The van der Waals surface area contributed by atoms with E-state index in [2.05, 4.69) is 21.2 Å². The van der Waals surface area contributed by atoms with E-state index in [1.54, 1.807) is 12.1 Å². The molecule has 0 aliphatic carbocycles. The molecule has 1 amide bonds. The number of anilines is 1. The van der Waals surface area contributed by atoms with E-state index in [4.69, 9.17) is 14.2 Å². The number of amides is 1. The molecule has 1 N–H and O–H groups in total. The van der Waals surface area contributed by atoms with Gasteiger partial charge in [0.15, 0.2) is 11.5 Å². The molecule has 0 bridgehead atoms. The fraction of sp³-hybridized carbons (Fsp3) is 0.120. The lowest BCUT2D eigenvalue weighted by molar-refractivity contribution is -0.384. The third-order valence-electron chi connectivity index (χ3n) is 4.80. The second-order valence-electron chi connectivity index (χ2n) is 7.07. The molecule has 0 spiro atoms. The number of nitro benzene ring substituents is 1. The summed E-state index contributed by atoms with van der Waals surface area (Å²) in [6.07, 6.45) is 1.37. The highest BCUT2D eigenvalue weighted by Crippen LogP contribution is 2.38. The Morgan fingerprint density at radius 1 is 1.11 bits per heavy atom. The Hall–Kier alpha value is -4.36. The van der Waals surface area contributed by atoms with Crippen LogP contribution in [0.1, 0.15) is 11.1 Å². The molecule has 9 nitrogen and oxygen atoms in total. The second kappa shape index (κ2) is 11.7. The van der Waals surface area contributed by atoms with E-state index in [1.807, 2.05) is 36.4 Å². The van der Waals surface area contributed by atoms with Crippen molar-refractivity contribution in [2.75, 3.05) is 19.5 Å². The number of hydrogen-bond donors (Lipinski definition) is 1. The maximum Gasteiger partial charge on any atom is 0.271 e. The normalized spacial score (nSPS) is 10.7. The van der Waals surface area contributed by atoms with Crippen molar-refractivity contribution in [2.24, 2.45) is 0 Å². The van der Waals surface area contributed by atoms with Crippen molar-refractivity contribution in [2.45, 2.75) is 6.61 Å². The highest BCUT2D eigenvalue weighted by atomic mass is 79.9. The lowest BCUT2D eigenvalue weighted by Gasteiger charge is -2.14. The third-order valence-corrected chi connectivity index (χ3v) is 5.38. The molecule has 0 radical (unpaired) electrons. The lowest BCUT2D eigenvalue weighted by atomic mass is 10.1. The van der Waals surface area contributed by atoms with E-state index < -0.39 is 10.8 Å². The Bertz CT molecular complexity index is 1320. The van der Waals surface area contributed by atoms with Gasteiger partial charge in [-0.3, -0.25) is 14.9 Å². The van der Waals surface area contributed by atoms with Gasteiger partial charge < -0.3 is 19.5 Å². The van der Waals surface area contributed by atoms with Gasteiger partial charge in [0.05, 0.1) is 29.3 Å². The first-order valence-corrected chi connectivity index (χ1v) is 11.0. The summed E-state index contributed by atoms with van der Waals surface area (Å²) >= 11 is 3.46. The first-order valence-electron chi connectivity index (χ1n) is 10.2. The number of carbonyl (C=O) groups is 1. The zero-order valence-corrected chi connectivity index (χ0v) is 20.4. The van der Waals surface area contributed by atoms with E-state index in [0.717, 1.165) is 11.6 Å². The van der Waals surface area contributed by atoms with E-state index in [1.165, 1.54) is 32.4 Å². The molecule has 3 aromatic carbocycles. The van der Waals surface area contributed by atoms with E-state index in [-0.39, 0.29) is 22.7 Å². The molecule has 178 valence electrons. The molecule has 3 aromatic rings. The third kappa shape index (κ3) is 6.37. The summed E-state index contributed by atoms with van der Waals surface area (Å²) in [7, 11) is 2.85. The van der Waals surface area contributed by atoms with Gasteiger partial charge in [0.25, 0.3) is 11.6 Å². The molecule has 0 saturated carbocycles. The molecular formula is C25H20BrN3O6. The Labute approximate surface area is 209 Å². The number of non-ortho nitro benzene ring substituents is 1. The van der Waals surface area contributed by atoms with Crippen molar-refractivity contribution in [3.8, 4) is 23.3 Å². The molecule has 0 atom stereocenters. The number of methoxy groups -OCH3 is 2. The second-order valence-corrected chi connectivity index (χ2v) is 7.93. The highest BCUT2D eigenvalue weighted by Gasteiger charge is 2.17. The Kier molecular flexibility index (Phi) is 8.43. The van der Waals surface area contributed by atoms with Crippen LogP contribution in [0.3, 0.4) is 0 Å². The number of benzene rings is 3. The fourth-order valence-electron chi connectivity index (χ4n) is 3.11. The van der Waals surface area contributed by atoms with Gasteiger partial charge in [-0.15, -0.1) is 0 Å². The molecule has 35 heavy (non-hydrogen) atoms. The summed E-state index contributed by atoms with van der Waals surface area (Å²) < 4.78 is 17.1. The Morgan fingerprint density at radius 2 is 1.83 bits per heavy atom. The molecule has 0 fully saturated rings. The molecule has 0 saturated heterocycles. The van der Waals surface area contributed by atoms with Gasteiger partial charge >= 0.3 is 0 Å². The number of nitriles is 1. The number of nitro groups is 1. The average molecular weight is 538 g/mol. The largest absolute Gasteiger partial charge is 0.495 e. The predicted molar refractivity (Wildman–Crippen MR) is 133 cm³/mol. The van der Waals surface area contributed by atoms with Crippen LogP contribution in [0.5, 0.6) is 17.2 Å². The summed E-state index contributed by atoms with van der Waals surface area (Å²) in [5, 5.41) is 23.2. The van der Waals surface area contributed by atoms with Crippen molar-refractivity contribution >= 4 is 39.3 Å². The minimum Gasteiger partial charge on any atom is -0.495 e. The fourth-order valence-corrected chi connectivity index (χ4v) is 3.68. The minimum atomic E-state index is -0.759. The highest BCUT2D eigenvalue weighted by molar-refractivity contribution is 9.10. The van der Waals surface area contributed by atoms with E-state index >= 15 is 0 Å². The first-order chi connectivity index (χ1) is 16.9. The van der Waals surface area contributed by atoms with E-state index in [9.17, 15) is 20.2 Å². The SMILES string of the molecule is COc1ccc([N+](=O)[O-])cc1NC(=O)/C(C#N)=C/c1cc(Br)c(OCc2ccccc2)c(OC)c1. The smallest absolute Gasteiger partial charge is 0.271 e. The van der Waals surface area contributed by atoms with Crippen molar-refractivity contribution < 1.29 is 23.9 Å². The quantitative estimate of drug-likeness (QED) is 0.165. The van der Waals surface area contributed by atoms with Gasteiger partial charge in [0.1, 0.15) is 24.0 Å². The predicted octanol–water partition coefficient (Wildman–Crippen LogP) is 5.50. The van der Waals surface area contributed by atoms with Crippen molar-refractivity contribution in [3.05, 3.63) is 92.0 Å². The Balaban J connectivity index is 1.86. The van der Waals surface area contributed by atoms with Crippen LogP contribution in [0.25, 0.3) is 6.08 Å². The molecule has 3 rings (SSSR count). The maximum atomic E-state index is 12.8. The topological polar surface area (TPSA) is 124 Å². The number of ether oxygens (including phenoxy) is 3. The van der Waals surface area contributed by atoms with Crippen LogP contribution in [-0.4, -0.2) is 25.1 Å². The first kappa shape index (κ1) is 25.3. The monoisotopic (exact) mass is 537 g/mol. The lowest BCUT2D eigenvalue weighted by Crippen LogP contribution is -2.14. The van der Waals surface area contributed by atoms with Gasteiger partial charge in [0, 0.05) is 12.1 Å². The van der Waals surface area contributed by atoms with Crippen molar-refractivity contribution in [1.29, 1.82) is 5.26 Å². The van der Waals surface area contributed by atoms with Gasteiger partial charge in [0.2, 0.25) is 0 Å². The molecule has 10 heteroatoms. The van der Waals surface area contributed by atoms with Crippen LogP contribution in [0.15, 0.2) is 70.7 Å². The maximum absolute atomic E-state index is 12.8. The number of nitrogens with one attached hydrogen (secondary N) is 1. The van der Waals surface area contributed by atoms with Gasteiger partial charge in [-0.2, -0.15) is 5.26 Å². The Morgan fingerprint density at radius 3 is 2.46 bits per heavy atom. The van der Waals surface area contributed by atoms with Crippen LogP contribution in [-0.2, 0) is 11.4 Å². The minimum absolute atomic E-state index is 0.0660. The average Bonchev–Trinajstić information content (AvgIpc) is 2.86. The van der Waals surface area contributed by atoms with Crippen LogP contribution in [0, 0.1) is 21.4 Å². The van der Waals surface area contributed by atoms with Gasteiger partial charge in [-0.1, -0.05) is 30.3 Å². The molecule has 0 heterocycles. The number of nitrogens with zero attached hydrogens (tertiary/aromatic N) is 2. The number of carbonyl (C=O) groups excluding carboxylic acids is 1. The van der Waals surface area contributed by atoms with Crippen LogP contribution < -0.4 is 19.5 Å². The summed E-state index contributed by atoms with van der Waals surface area (Å²) in [5.41, 5.74) is 1.08. The molecule has 0 unspecified atom stereocenters. The molecule has 0 aliphatic rings. The summed E-state index contributed by atoms with van der Waals surface area (Å²) in [6.45, 7) is 0.321. The van der Waals surface area contributed by atoms with Crippen LogP contribution in [0.4, 0.5) is 11.4 Å². The number of halogens is 1. The summed E-state index contributed by atoms with van der Waals surface area (Å²) in [4.78, 5) is 23.3. The van der Waals surface area contributed by atoms with Gasteiger partial charge in [-0.05, 0) is 51.3 Å². The van der Waals surface area contributed by atoms with Crippen LogP contribution in [0.2, 0.25) is 0 Å². The zero-order chi connectivity index (χ0) is 25.4. The number of hydrogen-bond acceptors (Lipinski definition) is 7. The summed E-state index contributed by atoms with van der Waals surface area (Å²) in [6, 6.07) is 18.5. The van der Waals surface area contributed by atoms with E-state index in [0.29, 0.717) is 28.1 Å². The standard InChI is InChI=1S/C25H20BrN3O6/c1-33-22-9-8-19(29(31)32)13-21(22)28-25(30)18(14-27)10-17-11-20(26)24(23(12-17)34-2)35-15-16-6-4-3-5-7-16/h3-13H,15H2,1-2H3,(H,28,30)/b18-10+. The van der Waals surface area contributed by atoms with Crippen LogP contribution >= 0.6 is 15.9 Å². The van der Waals surface area contributed by atoms with Crippen molar-refractivity contribution in [1.82, 2.24) is 0 Å². The molecular weight excluding hydrogens is 518 g/mol. The summed E-state index contributed by atoms with van der Waals surface area (Å²) in [5.74, 6) is 0.328. The zero-order valence-electron chi connectivity index (χ0n) is 18.8. The van der Waals surface area contributed by atoms with Gasteiger partial charge in [-0.25, -0.2) is 0 Å². The number of rotatable bonds is 9. The molecule has 0 aliphatic heterocycles.